The van der Waals surface area contributed by atoms with E-state index in [4.69, 9.17) is 9.47 Å². The average Bonchev–Trinajstić information content (AvgIpc) is 2.53. The monoisotopic (exact) mass is 286 g/mol. The fraction of sp³-hybridized carbons (Fsp3) is 0.353. The number of aryl methyl sites for hydroxylation is 1. The van der Waals surface area contributed by atoms with Crippen LogP contribution in [0.3, 0.4) is 0 Å². The molecule has 1 aromatic heterocycles. The van der Waals surface area contributed by atoms with Crippen LogP contribution in [0, 0.1) is 6.92 Å². The zero-order valence-electron chi connectivity index (χ0n) is 13.0. The predicted octanol–water partition coefficient (Wildman–Crippen LogP) is 3.26. The molecule has 2 aromatic rings. The van der Waals surface area contributed by atoms with Gasteiger partial charge in [-0.25, -0.2) is 0 Å². The van der Waals surface area contributed by atoms with Gasteiger partial charge in [-0.1, -0.05) is 6.07 Å². The van der Waals surface area contributed by atoms with Crippen LogP contribution in [0.15, 0.2) is 36.7 Å². The predicted molar refractivity (Wildman–Crippen MR) is 83.8 cm³/mol. The van der Waals surface area contributed by atoms with E-state index >= 15 is 0 Å². The van der Waals surface area contributed by atoms with Gasteiger partial charge in [0.15, 0.2) is 11.5 Å². The molecule has 0 amide bonds. The summed E-state index contributed by atoms with van der Waals surface area (Å²) in [6, 6.07) is 8.26. The number of hydrogen-bond donors (Lipinski definition) is 1. The fourth-order valence-electron chi connectivity index (χ4n) is 2.20. The second-order valence-corrected chi connectivity index (χ2v) is 5.02. The number of aromatic nitrogens is 1. The quantitative estimate of drug-likeness (QED) is 0.885. The highest BCUT2D eigenvalue weighted by molar-refractivity contribution is 5.43. The molecule has 112 valence electrons. The summed E-state index contributed by atoms with van der Waals surface area (Å²) in [6.45, 7) is 5.02. The summed E-state index contributed by atoms with van der Waals surface area (Å²) >= 11 is 0. The standard InChI is InChI=1S/C17H22N2O2/c1-12-10-18-8-7-15(12)11-19-13(2)14-5-6-16(20-3)17(9-14)21-4/h5-10,13,19H,11H2,1-4H3. The van der Waals surface area contributed by atoms with Crippen molar-refractivity contribution in [3.8, 4) is 11.5 Å². The van der Waals surface area contributed by atoms with Gasteiger partial charge in [-0.2, -0.15) is 0 Å². The average molecular weight is 286 g/mol. The third kappa shape index (κ3) is 3.73. The summed E-state index contributed by atoms with van der Waals surface area (Å²) in [5.74, 6) is 1.50. The van der Waals surface area contributed by atoms with Crippen molar-refractivity contribution in [3.05, 3.63) is 53.3 Å². The SMILES string of the molecule is COc1ccc(C(C)NCc2ccncc2C)cc1OC. The van der Waals surface area contributed by atoms with Gasteiger partial charge in [0, 0.05) is 25.0 Å². The van der Waals surface area contributed by atoms with E-state index in [-0.39, 0.29) is 6.04 Å². The van der Waals surface area contributed by atoms with Crippen molar-refractivity contribution >= 4 is 0 Å². The molecule has 1 atom stereocenters. The maximum atomic E-state index is 5.35. The second kappa shape index (κ2) is 7.09. The molecule has 0 aliphatic carbocycles. The van der Waals surface area contributed by atoms with Crippen molar-refractivity contribution in [2.45, 2.75) is 26.4 Å². The molecule has 0 bridgehead atoms. The van der Waals surface area contributed by atoms with Gasteiger partial charge >= 0.3 is 0 Å². The molecule has 0 aliphatic rings. The number of pyridine rings is 1. The Kier molecular flexibility index (Phi) is 5.17. The molecule has 0 saturated heterocycles. The van der Waals surface area contributed by atoms with Crippen LogP contribution in [-0.4, -0.2) is 19.2 Å². The molecule has 1 aromatic carbocycles. The van der Waals surface area contributed by atoms with Crippen molar-refractivity contribution in [1.29, 1.82) is 0 Å². The lowest BCUT2D eigenvalue weighted by atomic mass is 10.1. The van der Waals surface area contributed by atoms with Gasteiger partial charge in [0.25, 0.3) is 0 Å². The van der Waals surface area contributed by atoms with Crippen molar-refractivity contribution in [2.75, 3.05) is 14.2 Å². The first kappa shape index (κ1) is 15.3. The van der Waals surface area contributed by atoms with Crippen molar-refractivity contribution in [1.82, 2.24) is 10.3 Å². The molecule has 0 fully saturated rings. The highest BCUT2D eigenvalue weighted by Crippen LogP contribution is 2.29. The summed E-state index contributed by atoms with van der Waals surface area (Å²) < 4.78 is 10.6. The molecule has 1 unspecified atom stereocenters. The van der Waals surface area contributed by atoms with Gasteiger partial charge in [0.2, 0.25) is 0 Å². The van der Waals surface area contributed by atoms with Crippen LogP contribution in [0.1, 0.15) is 29.7 Å². The van der Waals surface area contributed by atoms with E-state index in [9.17, 15) is 0 Å². The Balaban J connectivity index is 2.06. The summed E-state index contributed by atoms with van der Waals surface area (Å²) in [7, 11) is 3.30. The number of methoxy groups -OCH3 is 2. The van der Waals surface area contributed by atoms with Gasteiger partial charge < -0.3 is 14.8 Å². The first-order valence-corrected chi connectivity index (χ1v) is 7.00. The topological polar surface area (TPSA) is 43.4 Å². The zero-order valence-corrected chi connectivity index (χ0v) is 13.0. The molecule has 1 heterocycles. The van der Waals surface area contributed by atoms with E-state index in [0.717, 1.165) is 18.0 Å². The molecule has 0 radical (unpaired) electrons. The van der Waals surface area contributed by atoms with Crippen LogP contribution >= 0.6 is 0 Å². The van der Waals surface area contributed by atoms with E-state index in [0.29, 0.717) is 0 Å². The molecule has 21 heavy (non-hydrogen) atoms. The number of benzene rings is 1. The number of rotatable bonds is 6. The van der Waals surface area contributed by atoms with Crippen LogP contribution in [0.2, 0.25) is 0 Å². The highest BCUT2D eigenvalue weighted by atomic mass is 16.5. The fourth-order valence-corrected chi connectivity index (χ4v) is 2.20. The van der Waals surface area contributed by atoms with E-state index < -0.39 is 0 Å². The van der Waals surface area contributed by atoms with Crippen LogP contribution in [0.4, 0.5) is 0 Å². The number of nitrogens with one attached hydrogen (secondary N) is 1. The minimum atomic E-state index is 0.220. The molecule has 1 N–H and O–H groups in total. The Morgan fingerprint density at radius 2 is 1.90 bits per heavy atom. The molecule has 0 saturated carbocycles. The Hall–Kier alpha value is -2.07. The Morgan fingerprint density at radius 1 is 1.14 bits per heavy atom. The summed E-state index contributed by atoms with van der Waals surface area (Å²) in [5, 5.41) is 3.52. The summed E-state index contributed by atoms with van der Waals surface area (Å²) in [6.07, 6.45) is 3.71. The van der Waals surface area contributed by atoms with Gasteiger partial charge in [0.1, 0.15) is 0 Å². The first-order chi connectivity index (χ1) is 10.2. The van der Waals surface area contributed by atoms with Crippen molar-refractivity contribution < 1.29 is 9.47 Å². The van der Waals surface area contributed by atoms with Crippen LogP contribution < -0.4 is 14.8 Å². The van der Waals surface area contributed by atoms with E-state index in [1.165, 1.54) is 16.7 Å². The maximum Gasteiger partial charge on any atom is 0.161 e. The number of hydrogen-bond acceptors (Lipinski definition) is 4. The maximum absolute atomic E-state index is 5.35. The normalized spacial score (nSPS) is 12.0. The smallest absolute Gasteiger partial charge is 0.161 e. The number of ether oxygens (including phenoxy) is 2. The third-order valence-electron chi connectivity index (χ3n) is 3.64. The zero-order chi connectivity index (χ0) is 15.2. The molecular weight excluding hydrogens is 264 g/mol. The van der Waals surface area contributed by atoms with Gasteiger partial charge in [-0.3, -0.25) is 4.98 Å². The lowest BCUT2D eigenvalue weighted by molar-refractivity contribution is 0.354. The molecular formula is C17H22N2O2. The van der Waals surface area contributed by atoms with Crippen LogP contribution in [-0.2, 0) is 6.54 Å². The van der Waals surface area contributed by atoms with Crippen molar-refractivity contribution in [3.63, 3.8) is 0 Å². The molecule has 4 nitrogen and oxygen atoms in total. The van der Waals surface area contributed by atoms with Crippen LogP contribution in [0.25, 0.3) is 0 Å². The third-order valence-corrected chi connectivity index (χ3v) is 3.64. The van der Waals surface area contributed by atoms with Gasteiger partial charge in [-0.05, 0) is 48.7 Å². The first-order valence-electron chi connectivity index (χ1n) is 7.00. The van der Waals surface area contributed by atoms with E-state index in [1.54, 1.807) is 14.2 Å². The molecule has 0 aliphatic heterocycles. The Morgan fingerprint density at radius 3 is 2.57 bits per heavy atom. The summed E-state index contributed by atoms with van der Waals surface area (Å²) in [5.41, 5.74) is 3.63. The highest BCUT2D eigenvalue weighted by Gasteiger charge is 2.10. The molecule has 2 rings (SSSR count). The Labute approximate surface area is 126 Å². The molecule has 0 spiro atoms. The largest absolute Gasteiger partial charge is 0.493 e. The van der Waals surface area contributed by atoms with Gasteiger partial charge in [0.05, 0.1) is 14.2 Å². The Bertz CT molecular complexity index is 599. The minimum Gasteiger partial charge on any atom is -0.493 e. The van der Waals surface area contributed by atoms with Crippen LogP contribution in [0.5, 0.6) is 11.5 Å². The number of nitrogens with zero attached hydrogens (tertiary/aromatic N) is 1. The minimum absolute atomic E-state index is 0.220. The lowest BCUT2D eigenvalue weighted by Crippen LogP contribution is -2.18. The van der Waals surface area contributed by atoms with E-state index in [2.05, 4.69) is 30.2 Å². The van der Waals surface area contributed by atoms with Crippen molar-refractivity contribution in [2.24, 2.45) is 0 Å². The summed E-state index contributed by atoms with van der Waals surface area (Å²) in [4.78, 5) is 4.11. The molecule has 4 heteroatoms. The van der Waals surface area contributed by atoms with Gasteiger partial charge in [-0.15, -0.1) is 0 Å². The van der Waals surface area contributed by atoms with E-state index in [1.807, 2.05) is 30.6 Å². The lowest BCUT2D eigenvalue weighted by Gasteiger charge is -2.17. The second-order valence-electron chi connectivity index (χ2n) is 5.02.